The summed E-state index contributed by atoms with van der Waals surface area (Å²) >= 11 is 0. The zero-order valence-corrected chi connectivity index (χ0v) is 20.5. The van der Waals surface area contributed by atoms with Gasteiger partial charge in [-0.3, -0.25) is 4.79 Å². The van der Waals surface area contributed by atoms with Gasteiger partial charge in [0.25, 0.3) is 0 Å². The summed E-state index contributed by atoms with van der Waals surface area (Å²) in [6.45, 7) is 2.89. The van der Waals surface area contributed by atoms with Gasteiger partial charge < -0.3 is 9.64 Å². The van der Waals surface area contributed by atoms with Crippen molar-refractivity contribution < 1.29 is 9.53 Å². The molecule has 0 unspecified atom stereocenters. The van der Waals surface area contributed by atoms with Gasteiger partial charge in [-0.2, -0.15) is 0 Å². The molecule has 176 valence electrons. The van der Waals surface area contributed by atoms with E-state index in [-0.39, 0.29) is 17.4 Å². The van der Waals surface area contributed by atoms with Crippen molar-refractivity contribution in [3.63, 3.8) is 0 Å². The zero-order chi connectivity index (χ0) is 24.0. The highest BCUT2D eigenvalue weighted by Crippen LogP contribution is 2.47. The number of rotatable bonds is 4. The van der Waals surface area contributed by atoms with Crippen LogP contribution in [0.2, 0.25) is 0 Å². The van der Waals surface area contributed by atoms with Gasteiger partial charge in [0.05, 0.1) is 0 Å². The van der Waals surface area contributed by atoms with Crippen LogP contribution in [0.5, 0.6) is 5.75 Å². The van der Waals surface area contributed by atoms with Crippen LogP contribution < -0.4 is 4.74 Å². The van der Waals surface area contributed by atoms with E-state index in [1.165, 1.54) is 27.5 Å². The van der Waals surface area contributed by atoms with Gasteiger partial charge in [-0.1, -0.05) is 85.8 Å². The highest BCUT2D eigenvalue weighted by molar-refractivity contribution is 6.00. The van der Waals surface area contributed by atoms with Gasteiger partial charge in [0.2, 0.25) is 5.91 Å². The Morgan fingerprint density at radius 1 is 0.943 bits per heavy atom. The number of piperidine rings is 1. The molecule has 1 aliphatic heterocycles. The molecule has 1 heterocycles. The molecule has 1 aliphatic carbocycles. The van der Waals surface area contributed by atoms with Crippen molar-refractivity contribution in [2.45, 2.75) is 50.7 Å². The summed E-state index contributed by atoms with van der Waals surface area (Å²) in [5, 5.41) is 2.42. The molecule has 0 aromatic heterocycles. The summed E-state index contributed by atoms with van der Waals surface area (Å²) in [5.41, 5.74) is 6.35. The van der Waals surface area contributed by atoms with Gasteiger partial charge >= 0.3 is 0 Å². The number of aryl methyl sites for hydroxylation is 1. The molecule has 0 bridgehead atoms. The molecular formula is C32H31NO2. The minimum absolute atomic E-state index is 0.0141. The number of ether oxygens (including phenoxy) is 1. The van der Waals surface area contributed by atoms with Crippen LogP contribution >= 0.6 is 0 Å². The fourth-order valence-electron chi connectivity index (χ4n) is 6.35. The van der Waals surface area contributed by atoms with E-state index < -0.39 is 0 Å². The van der Waals surface area contributed by atoms with Crippen molar-refractivity contribution in [3.8, 4) is 16.9 Å². The standard InChI is InChI=1S/C32H31NO2/c1-32-19-18-30(34)33(2)29(32)17-14-24-20-25(12-15-27(24)32)31-26-11-7-6-10-23(26)13-16-28(31)35-21-22-8-4-3-5-9-22/h3-13,15-16,20,29H,14,17-19,21H2,1-2H3/t29-,32-/m1/s1. The second-order valence-corrected chi connectivity index (χ2v) is 10.3. The van der Waals surface area contributed by atoms with Gasteiger partial charge in [0.1, 0.15) is 12.4 Å². The first kappa shape index (κ1) is 21.9. The highest BCUT2D eigenvalue weighted by atomic mass is 16.5. The number of carbonyl (C=O) groups excluding carboxylic acids is 1. The summed E-state index contributed by atoms with van der Waals surface area (Å²) in [5.74, 6) is 1.19. The van der Waals surface area contributed by atoms with Gasteiger partial charge in [0, 0.05) is 30.5 Å². The first-order chi connectivity index (χ1) is 17.0. The third-order valence-electron chi connectivity index (χ3n) is 8.28. The van der Waals surface area contributed by atoms with Crippen molar-refractivity contribution in [2.24, 2.45) is 0 Å². The fraction of sp³-hybridized carbons (Fsp3) is 0.281. The summed E-state index contributed by atoms with van der Waals surface area (Å²) in [6.07, 6.45) is 3.56. The van der Waals surface area contributed by atoms with Crippen molar-refractivity contribution in [1.82, 2.24) is 4.90 Å². The van der Waals surface area contributed by atoms with Crippen LogP contribution in [0.4, 0.5) is 0 Å². The van der Waals surface area contributed by atoms with Crippen LogP contribution in [0.3, 0.4) is 0 Å². The van der Waals surface area contributed by atoms with Crippen LogP contribution in [-0.2, 0) is 23.2 Å². The maximum atomic E-state index is 12.4. The quantitative estimate of drug-likeness (QED) is 0.330. The summed E-state index contributed by atoms with van der Waals surface area (Å²) in [6, 6.07) is 30.4. The van der Waals surface area contributed by atoms with E-state index in [1.54, 1.807) is 0 Å². The maximum Gasteiger partial charge on any atom is 0.222 e. The number of benzene rings is 4. The molecule has 1 saturated heterocycles. The molecule has 4 aromatic carbocycles. The Bertz CT molecular complexity index is 1410. The number of hydrogen-bond donors (Lipinski definition) is 0. The van der Waals surface area contributed by atoms with Crippen molar-refractivity contribution in [3.05, 3.63) is 102 Å². The Morgan fingerprint density at radius 3 is 2.60 bits per heavy atom. The molecule has 3 nitrogen and oxygen atoms in total. The van der Waals surface area contributed by atoms with Crippen LogP contribution in [0.25, 0.3) is 21.9 Å². The Labute approximate surface area is 207 Å². The number of amides is 1. The molecule has 6 rings (SSSR count). The summed E-state index contributed by atoms with van der Waals surface area (Å²) in [4.78, 5) is 14.4. The van der Waals surface area contributed by atoms with E-state index in [4.69, 9.17) is 4.74 Å². The molecule has 4 aromatic rings. The van der Waals surface area contributed by atoms with Gasteiger partial charge in [-0.15, -0.1) is 0 Å². The molecule has 0 N–H and O–H groups in total. The Kier molecular flexibility index (Phi) is 5.36. The molecule has 3 heteroatoms. The molecule has 2 atom stereocenters. The smallest absolute Gasteiger partial charge is 0.222 e. The topological polar surface area (TPSA) is 29.5 Å². The second kappa shape index (κ2) is 8.57. The number of hydrogen-bond acceptors (Lipinski definition) is 2. The predicted molar refractivity (Wildman–Crippen MR) is 142 cm³/mol. The largest absolute Gasteiger partial charge is 0.488 e. The SMILES string of the molecule is CN1C(=O)CC[C@]2(C)c3ccc(-c4c(OCc5ccccc5)ccc5ccccc45)cc3CC[C@@H]12. The van der Waals surface area contributed by atoms with Gasteiger partial charge in [-0.05, 0) is 58.4 Å². The minimum atomic E-state index is 0.0141. The molecule has 2 aliphatic rings. The van der Waals surface area contributed by atoms with E-state index in [9.17, 15) is 4.79 Å². The molecule has 1 amide bonds. The van der Waals surface area contributed by atoms with Gasteiger partial charge in [-0.25, -0.2) is 0 Å². The molecular weight excluding hydrogens is 430 g/mol. The van der Waals surface area contributed by atoms with Crippen molar-refractivity contribution in [2.75, 3.05) is 7.05 Å². The summed E-state index contributed by atoms with van der Waals surface area (Å²) in [7, 11) is 1.98. The first-order valence-corrected chi connectivity index (χ1v) is 12.6. The number of fused-ring (bicyclic) bond motifs is 4. The summed E-state index contributed by atoms with van der Waals surface area (Å²) < 4.78 is 6.42. The monoisotopic (exact) mass is 461 g/mol. The second-order valence-electron chi connectivity index (χ2n) is 10.3. The van der Waals surface area contributed by atoms with E-state index in [0.29, 0.717) is 13.0 Å². The third kappa shape index (κ3) is 3.70. The fourth-order valence-corrected chi connectivity index (χ4v) is 6.35. The number of carbonyl (C=O) groups is 1. The average molecular weight is 462 g/mol. The van der Waals surface area contributed by atoms with Crippen LogP contribution in [0, 0.1) is 0 Å². The Morgan fingerprint density at radius 2 is 1.74 bits per heavy atom. The average Bonchev–Trinajstić information content (AvgIpc) is 2.90. The maximum absolute atomic E-state index is 12.4. The predicted octanol–water partition coefficient (Wildman–Crippen LogP) is 6.91. The van der Waals surface area contributed by atoms with Crippen molar-refractivity contribution in [1.29, 1.82) is 0 Å². The lowest BCUT2D eigenvalue weighted by Crippen LogP contribution is -2.56. The number of likely N-dealkylation sites (N-methyl/N-ethyl adjacent to an activating group) is 1. The Hall–Kier alpha value is -3.59. The van der Waals surface area contributed by atoms with Gasteiger partial charge in [0.15, 0.2) is 0 Å². The zero-order valence-electron chi connectivity index (χ0n) is 20.5. The van der Waals surface area contributed by atoms with Crippen LogP contribution in [0.1, 0.15) is 42.9 Å². The first-order valence-electron chi connectivity index (χ1n) is 12.6. The third-order valence-corrected chi connectivity index (χ3v) is 8.28. The lowest BCUT2D eigenvalue weighted by Gasteiger charge is -2.50. The van der Waals surface area contributed by atoms with Crippen molar-refractivity contribution >= 4 is 16.7 Å². The molecule has 0 radical (unpaired) electrons. The van der Waals surface area contributed by atoms with Crippen LogP contribution in [0.15, 0.2) is 84.9 Å². The lowest BCUT2D eigenvalue weighted by molar-refractivity contribution is -0.138. The van der Waals surface area contributed by atoms with E-state index in [2.05, 4.69) is 73.7 Å². The van der Waals surface area contributed by atoms with E-state index >= 15 is 0 Å². The highest BCUT2D eigenvalue weighted by Gasteiger charge is 2.46. The number of likely N-dealkylation sites (tertiary alicyclic amines) is 1. The normalized spacial score (nSPS) is 21.5. The number of nitrogens with zero attached hydrogens (tertiary/aromatic N) is 1. The Balaban J connectivity index is 1.43. The molecule has 0 saturated carbocycles. The minimum Gasteiger partial charge on any atom is -0.488 e. The molecule has 1 fully saturated rings. The molecule has 35 heavy (non-hydrogen) atoms. The van der Waals surface area contributed by atoms with Crippen LogP contribution in [-0.4, -0.2) is 23.9 Å². The molecule has 0 spiro atoms. The van der Waals surface area contributed by atoms with E-state index in [1.807, 2.05) is 30.1 Å². The van der Waals surface area contributed by atoms with E-state index in [0.717, 1.165) is 36.1 Å². The lowest BCUT2D eigenvalue weighted by atomic mass is 9.63.